The monoisotopic (exact) mass is 569 g/mol. The van der Waals surface area contributed by atoms with Crippen LogP contribution in [0.2, 0.25) is 0 Å². The number of thiophene rings is 1. The molecule has 1 fully saturated rings. The summed E-state index contributed by atoms with van der Waals surface area (Å²) in [6.45, 7) is 2.04. The van der Waals surface area contributed by atoms with E-state index in [1.807, 2.05) is 37.3 Å². The summed E-state index contributed by atoms with van der Waals surface area (Å²) in [6.07, 6.45) is 5.99. The van der Waals surface area contributed by atoms with Crippen molar-refractivity contribution in [2.24, 2.45) is 7.05 Å². The smallest absolute Gasteiger partial charge is 0.414 e. The maximum Gasteiger partial charge on any atom is 0.414 e. The van der Waals surface area contributed by atoms with Crippen molar-refractivity contribution in [2.75, 3.05) is 17.2 Å². The van der Waals surface area contributed by atoms with Gasteiger partial charge in [0.25, 0.3) is 11.5 Å². The lowest BCUT2D eigenvalue weighted by molar-refractivity contribution is -0.159. The van der Waals surface area contributed by atoms with Gasteiger partial charge in [0, 0.05) is 18.0 Å². The highest BCUT2D eigenvalue weighted by Crippen LogP contribution is 2.38. The van der Waals surface area contributed by atoms with Crippen LogP contribution in [0, 0.1) is 6.92 Å². The number of amides is 2. The number of para-hydroxylation sites is 1. The average Bonchev–Trinajstić information content (AvgIpc) is 3.66. The summed E-state index contributed by atoms with van der Waals surface area (Å²) in [5.74, 6) is -4.15. The molecule has 5 N–H and O–H groups in total. The molecule has 0 radical (unpaired) electrons. The number of nitrogens with one attached hydrogen (secondary N) is 3. The normalized spacial score (nSPS) is 13.9. The van der Waals surface area contributed by atoms with Gasteiger partial charge < -0.3 is 26.2 Å². The minimum absolute atomic E-state index is 0.151. The molecule has 0 unspecified atom stereocenters. The van der Waals surface area contributed by atoms with Crippen molar-refractivity contribution in [3.63, 3.8) is 0 Å². The van der Waals surface area contributed by atoms with Gasteiger partial charge in [-0.25, -0.2) is 14.3 Å². The van der Waals surface area contributed by atoms with E-state index in [0.29, 0.717) is 22.3 Å². The first kappa shape index (κ1) is 28.8. The largest absolute Gasteiger partial charge is 0.473 e. The Labute approximate surface area is 233 Å². The van der Waals surface area contributed by atoms with Crippen molar-refractivity contribution >= 4 is 45.8 Å². The number of carboxylic acid groups (broad SMARTS) is 2. The number of nitrogens with zero attached hydrogens (tertiary/aromatic N) is 2. The minimum atomic E-state index is -1.82. The SMILES string of the molecule is Cc1c(NC(=O)c2c(NC(=O)CNC3CC3)sc3c2CCCC3)c(=O)n(-c2ccccc2)n1C.O=C(O)C(=O)O. The molecule has 2 aliphatic rings. The van der Waals surface area contributed by atoms with Gasteiger partial charge in [-0.3, -0.25) is 19.1 Å². The summed E-state index contributed by atoms with van der Waals surface area (Å²) in [6, 6.07) is 9.76. The number of hydrogen-bond acceptors (Lipinski definition) is 7. The molecule has 0 bridgehead atoms. The van der Waals surface area contributed by atoms with Gasteiger partial charge in [0.2, 0.25) is 5.91 Å². The van der Waals surface area contributed by atoms with Crippen molar-refractivity contribution < 1.29 is 29.4 Å². The lowest BCUT2D eigenvalue weighted by Crippen LogP contribution is -2.30. The topological polar surface area (TPSA) is 172 Å². The van der Waals surface area contributed by atoms with Gasteiger partial charge in [-0.2, -0.15) is 0 Å². The first-order valence-electron chi connectivity index (χ1n) is 12.9. The molecule has 0 spiro atoms. The van der Waals surface area contributed by atoms with Crippen LogP contribution in [0.5, 0.6) is 0 Å². The Morgan fingerprint density at radius 1 is 1.00 bits per heavy atom. The summed E-state index contributed by atoms with van der Waals surface area (Å²) >= 11 is 1.48. The number of rotatable bonds is 7. The molecule has 40 heavy (non-hydrogen) atoms. The Balaban J connectivity index is 0.000000557. The van der Waals surface area contributed by atoms with E-state index < -0.39 is 11.9 Å². The molecule has 0 aliphatic heterocycles. The second-order valence-corrected chi connectivity index (χ2v) is 10.7. The third kappa shape index (κ3) is 6.49. The molecule has 2 heterocycles. The number of anilines is 2. The van der Waals surface area contributed by atoms with Crippen LogP contribution < -0.4 is 21.5 Å². The van der Waals surface area contributed by atoms with Crippen LogP contribution in [0.3, 0.4) is 0 Å². The zero-order valence-electron chi connectivity index (χ0n) is 22.2. The molecule has 2 aromatic heterocycles. The predicted molar refractivity (Wildman–Crippen MR) is 150 cm³/mol. The predicted octanol–water partition coefficient (Wildman–Crippen LogP) is 2.52. The highest BCUT2D eigenvalue weighted by molar-refractivity contribution is 7.17. The fourth-order valence-electron chi connectivity index (χ4n) is 4.48. The van der Waals surface area contributed by atoms with E-state index in [9.17, 15) is 14.4 Å². The van der Waals surface area contributed by atoms with E-state index >= 15 is 0 Å². The molecule has 5 rings (SSSR count). The fourth-order valence-corrected chi connectivity index (χ4v) is 5.78. The Morgan fingerprint density at radius 2 is 1.65 bits per heavy atom. The van der Waals surface area contributed by atoms with Crippen molar-refractivity contribution in [3.8, 4) is 5.69 Å². The number of carbonyl (C=O) groups is 4. The van der Waals surface area contributed by atoms with E-state index in [0.717, 1.165) is 54.7 Å². The lowest BCUT2D eigenvalue weighted by atomic mass is 9.95. The Kier molecular flexibility index (Phi) is 8.85. The van der Waals surface area contributed by atoms with E-state index in [1.165, 1.54) is 11.3 Å². The Morgan fingerprint density at radius 3 is 2.27 bits per heavy atom. The van der Waals surface area contributed by atoms with Gasteiger partial charge in [0.1, 0.15) is 10.7 Å². The summed E-state index contributed by atoms with van der Waals surface area (Å²) in [5, 5.41) is 24.4. The van der Waals surface area contributed by atoms with E-state index in [2.05, 4.69) is 16.0 Å². The van der Waals surface area contributed by atoms with E-state index in [-0.39, 0.29) is 29.6 Å². The van der Waals surface area contributed by atoms with Crippen molar-refractivity contribution in [2.45, 2.75) is 51.5 Å². The molecule has 13 heteroatoms. The van der Waals surface area contributed by atoms with E-state index in [1.54, 1.807) is 16.4 Å². The minimum Gasteiger partial charge on any atom is -0.473 e. The number of hydrogen-bond donors (Lipinski definition) is 5. The number of aliphatic carboxylic acids is 2. The van der Waals surface area contributed by atoms with Crippen LogP contribution in [-0.2, 0) is 34.3 Å². The van der Waals surface area contributed by atoms with Crippen molar-refractivity contribution in [1.29, 1.82) is 0 Å². The van der Waals surface area contributed by atoms with Gasteiger partial charge >= 0.3 is 11.9 Å². The van der Waals surface area contributed by atoms with Gasteiger partial charge in [0.15, 0.2) is 0 Å². The third-order valence-corrected chi connectivity index (χ3v) is 7.96. The number of benzene rings is 1. The molecule has 1 saturated carbocycles. The lowest BCUT2D eigenvalue weighted by Gasteiger charge is -2.13. The zero-order valence-corrected chi connectivity index (χ0v) is 23.0. The van der Waals surface area contributed by atoms with E-state index in [4.69, 9.17) is 19.8 Å². The van der Waals surface area contributed by atoms with Gasteiger partial charge in [0.05, 0.1) is 23.5 Å². The average molecular weight is 570 g/mol. The maximum atomic E-state index is 13.6. The Hall–Kier alpha value is -4.23. The Bertz CT molecular complexity index is 1490. The molecule has 2 aliphatic carbocycles. The number of aromatic nitrogens is 2. The summed E-state index contributed by atoms with van der Waals surface area (Å²) in [5.41, 5.74) is 2.83. The van der Waals surface area contributed by atoms with Crippen LogP contribution >= 0.6 is 11.3 Å². The highest BCUT2D eigenvalue weighted by atomic mass is 32.1. The first-order chi connectivity index (χ1) is 19.1. The van der Waals surface area contributed by atoms with Crippen LogP contribution in [0.25, 0.3) is 5.69 Å². The molecule has 12 nitrogen and oxygen atoms in total. The van der Waals surface area contributed by atoms with Crippen LogP contribution in [0.1, 0.15) is 52.2 Å². The van der Waals surface area contributed by atoms with Gasteiger partial charge in [-0.15, -0.1) is 11.3 Å². The molecule has 212 valence electrons. The number of fused-ring (bicyclic) bond motifs is 1. The molecule has 0 saturated heterocycles. The van der Waals surface area contributed by atoms with Crippen LogP contribution in [-0.4, -0.2) is 55.9 Å². The van der Waals surface area contributed by atoms with Gasteiger partial charge in [-0.05, 0) is 63.1 Å². The second kappa shape index (κ2) is 12.3. The highest BCUT2D eigenvalue weighted by Gasteiger charge is 2.29. The summed E-state index contributed by atoms with van der Waals surface area (Å²) in [7, 11) is 1.80. The maximum absolute atomic E-state index is 13.6. The number of carboxylic acids is 2. The zero-order chi connectivity index (χ0) is 29.0. The standard InChI is InChI=1S/C25H29N5O3S.C2H2O4/c1-15-22(25(33)30(29(15)2)17-8-4-3-5-9-17)28-23(32)21-18-10-6-7-11-19(18)34-24(21)27-20(31)14-26-16-12-13-16;3-1(4)2(5)6/h3-5,8-9,16,26H,6-7,10-14H2,1-2H3,(H,27,31)(H,28,32);(H,3,4)(H,5,6). The van der Waals surface area contributed by atoms with Crippen LogP contribution in [0.15, 0.2) is 35.1 Å². The summed E-state index contributed by atoms with van der Waals surface area (Å²) < 4.78 is 3.28. The first-order valence-corrected chi connectivity index (χ1v) is 13.7. The van der Waals surface area contributed by atoms with Crippen molar-refractivity contribution in [3.05, 3.63) is 62.4 Å². The molecule has 1 aromatic carbocycles. The molecule has 0 atom stereocenters. The number of carbonyl (C=O) groups excluding carboxylic acids is 2. The summed E-state index contributed by atoms with van der Waals surface area (Å²) in [4.78, 5) is 58.7. The van der Waals surface area contributed by atoms with Crippen molar-refractivity contribution in [1.82, 2.24) is 14.7 Å². The third-order valence-electron chi connectivity index (χ3n) is 6.76. The molecule has 2 amide bonds. The second-order valence-electron chi connectivity index (χ2n) is 9.62. The quantitative estimate of drug-likeness (QED) is 0.270. The molecular formula is C27H31N5O7S. The van der Waals surface area contributed by atoms with Gasteiger partial charge in [-0.1, -0.05) is 18.2 Å². The van der Waals surface area contributed by atoms with Crippen LogP contribution in [0.4, 0.5) is 10.7 Å². The molecule has 3 aromatic rings. The number of aryl methyl sites for hydroxylation is 1. The fraction of sp³-hybridized carbons (Fsp3) is 0.370. The molecular weight excluding hydrogens is 538 g/mol.